The lowest BCUT2D eigenvalue weighted by Gasteiger charge is -2.30. The molecule has 0 aromatic heterocycles. The van der Waals surface area contributed by atoms with Gasteiger partial charge in [0.25, 0.3) is 0 Å². The first-order valence-corrected chi connectivity index (χ1v) is 11.5. The lowest BCUT2D eigenvalue weighted by molar-refractivity contribution is 0.532. The van der Waals surface area contributed by atoms with E-state index >= 15 is 4.39 Å². The van der Waals surface area contributed by atoms with Crippen LogP contribution in [0.25, 0.3) is 0 Å². The Balaban J connectivity index is 2.67. The van der Waals surface area contributed by atoms with Gasteiger partial charge in [0, 0.05) is 5.54 Å². The second-order valence-electron chi connectivity index (χ2n) is 10.8. The second kappa shape index (κ2) is 9.22. The van der Waals surface area contributed by atoms with E-state index in [0.717, 1.165) is 17.5 Å². The van der Waals surface area contributed by atoms with E-state index in [9.17, 15) is 0 Å². The van der Waals surface area contributed by atoms with Crippen molar-refractivity contribution in [2.75, 3.05) is 0 Å². The van der Waals surface area contributed by atoms with Crippen LogP contribution >= 0.6 is 0 Å². The maximum atomic E-state index is 15.0. The van der Waals surface area contributed by atoms with Crippen LogP contribution in [0.2, 0.25) is 0 Å². The fourth-order valence-electron chi connectivity index (χ4n) is 4.42. The van der Waals surface area contributed by atoms with Crippen LogP contribution in [0, 0.1) is 5.82 Å². The normalized spacial score (nSPS) is 12.7. The molecule has 0 saturated carbocycles. The van der Waals surface area contributed by atoms with Crippen molar-refractivity contribution in [3.8, 4) is 0 Å². The van der Waals surface area contributed by atoms with Gasteiger partial charge in [-0.05, 0) is 82.9 Å². The summed E-state index contributed by atoms with van der Waals surface area (Å²) in [5.74, 6) is 1.09. The standard InChI is InChI=1S/C28H42FN/c1-16(2)22-12-20(13-23(17(3)4)26(22)28(9,10)30)11-21-14-24(18(5)6)27(29)25(15-21)19(7)8/h12-19H,11,30H2,1-10H3. The van der Waals surface area contributed by atoms with Gasteiger partial charge in [-0.15, -0.1) is 0 Å². The van der Waals surface area contributed by atoms with Crippen molar-refractivity contribution in [3.05, 3.63) is 69.0 Å². The molecule has 2 aromatic rings. The Bertz CT molecular complexity index is 824. The monoisotopic (exact) mass is 411 g/mol. The third-order valence-electron chi connectivity index (χ3n) is 5.99. The van der Waals surface area contributed by atoms with E-state index in [1.165, 1.54) is 27.8 Å². The van der Waals surface area contributed by atoms with Crippen LogP contribution in [0.5, 0.6) is 0 Å². The zero-order valence-electron chi connectivity index (χ0n) is 20.8. The average Bonchev–Trinajstić information content (AvgIpc) is 2.60. The van der Waals surface area contributed by atoms with Crippen molar-refractivity contribution >= 4 is 0 Å². The molecule has 0 unspecified atom stereocenters. The Morgan fingerprint density at radius 1 is 0.667 bits per heavy atom. The maximum Gasteiger partial charge on any atom is 0.130 e. The molecule has 0 saturated heterocycles. The van der Waals surface area contributed by atoms with Crippen LogP contribution < -0.4 is 5.73 Å². The highest BCUT2D eigenvalue weighted by Crippen LogP contribution is 2.36. The minimum absolute atomic E-state index is 0.0327. The largest absolute Gasteiger partial charge is 0.322 e. The van der Waals surface area contributed by atoms with Crippen LogP contribution in [0.4, 0.5) is 4.39 Å². The third kappa shape index (κ3) is 5.32. The average molecular weight is 412 g/mol. The van der Waals surface area contributed by atoms with E-state index in [2.05, 4.69) is 93.5 Å². The number of rotatable bonds is 7. The van der Waals surface area contributed by atoms with Gasteiger partial charge in [0.15, 0.2) is 0 Å². The first kappa shape index (κ1) is 24.6. The molecule has 2 aromatic carbocycles. The van der Waals surface area contributed by atoms with E-state index < -0.39 is 0 Å². The van der Waals surface area contributed by atoms with Gasteiger partial charge in [-0.3, -0.25) is 0 Å². The van der Waals surface area contributed by atoms with Gasteiger partial charge in [0.1, 0.15) is 5.82 Å². The number of nitrogens with two attached hydrogens (primary N) is 1. The van der Waals surface area contributed by atoms with Crippen molar-refractivity contribution < 1.29 is 4.39 Å². The number of hydrogen-bond acceptors (Lipinski definition) is 1. The summed E-state index contributed by atoms with van der Waals surface area (Å²) >= 11 is 0. The topological polar surface area (TPSA) is 26.0 Å². The molecule has 0 heterocycles. The number of hydrogen-bond donors (Lipinski definition) is 1. The molecule has 1 nitrogen and oxygen atoms in total. The summed E-state index contributed by atoms with van der Waals surface area (Å²) in [4.78, 5) is 0. The predicted octanol–water partition coefficient (Wildman–Crippen LogP) is 8.10. The highest BCUT2D eigenvalue weighted by Gasteiger charge is 2.26. The van der Waals surface area contributed by atoms with Gasteiger partial charge in [-0.1, -0.05) is 79.7 Å². The fourth-order valence-corrected chi connectivity index (χ4v) is 4.42. The SMILES string of the molecule is CC(C)c1cc(Cc2cc(C(C)C)c(C(C)(C)N)c(C(C)C)c2)cc(C(C)C)c1F. The second-order valence-corrected chi connectivity index (χ2v) is 10.8. The molecular formula is C28H42FN. The molecule has 30 heavy (non-hydrogen) atoms. The molecule has 0 atom stereocenters. The van der Waals surface area contributed by atoms with Crippen LogP contribution in [0.3, 0.4) is 0 Å². The molecule has 0 aliphatic rings. The zero-order valence-corrected chi connectivity index (χ0v) is 20.8. The molecule has 2 rings (SSSR count). The molecule has 0 bridgehead atoms. The van der Waals surface area contributed by atoms with Gasteiger partial charge in [-0.25, -0.2) is 4.39 Å². The molecule has 166 valence electrons. The van der Waals surface area contributed by atoms with E-state index in [0.29, 0.717) is 11.8 Å². The summed E-state index contributed by atoms with van der Waals surface area (Å²) in [7, 11) is 0. The van der Waals surface area contributed by atoms with Crippen LogP contribution in [-0.4, -0.2) is 0 Å². The minimum Gasteiger partial charge on any atom is -0.322 e. The van der Waals surface area contributed by atoms with E-state index in [1.54, 1.807) is 0 Å². The smallest absolute Gasteiger partial charge is 0.130 e. The molecule has 0 aliphatic carbocycles. The van der Waals surface area contributed by atoms with E-state index in [-0.39, 0.29) is 23.2 Å². The van der Waals surface area contributed by atoms with Crippen molar-refractivity contribution in [2.45, 2.75) is 105 Å². The Morgan fingerprint density at radius 3 is 1.23 bits per heavy atom. The molecule has 0 fully saturated rings. The van der Waals surface area contributed by atoms with Crippen molar-refractivity contribution in [3.63, 3.8) is 0 Å². The summed E-state index contributed by atoms with van der Waals surface area (Å²) in [6.45, 7) is 21.4. The Hall–Kier alpha value is -1.67. The fraction of sp³-hybridized carbons (Fsp3) is 0.571. The van der Waals surface area contributed by atoms with E-state index in [4.69, 9.17) is 5.73 Å². The van der Waals surface area contributed by atoms with Crippen molar-refractivity contribution in [2.24, 2.45) is 5.73 Å². The maximum absolute atomic E-state index is 15.0. The summed E-state index contributed by atoms with van der Waals surface area (Å²) in [6.07, 6.45) is 0.810. The Kier molecular flexibility index (Phi) is 7.56. The molecule has 0 aliphatic heterocycles. The number of benzene rings is 2. The number of halogens is 1. The zero-order chi connectivity index (χ0) is 23.0. The van der Waals surface area contributed by atoms with Crippen LogP contribution in [-0.2, 0) is 12.0 Å². The van der Waals surface area contributed by atoms with Crippen molar-refractivity contribution in [1.29, 1.82) is 0 Å². The van der Waals surface area contributed by atoms with Crippen LogP contribution in [0.15, 0.2) is 24.3 Å². The van der Waals surface area contributed by atoms with Gasteiger partial charge >= 0.3 is 0 Å². The first-order chi connectivity index (χ1) is 13.7. The summed E-state index contributed by atoms with van der Waals surface area (Å²) in [6, 6.07) is 8.79. The van der Waals surface area contributed by atoms with Gasteiger partial charge in [0.2, 0.25) is 0 Å². The molecule has 0 radical (unpaired) electrons. The highest BCUT2D eigenvalue weighted by molar-refractivity contribution is 5.48. The summed E-state index contributed by atoms with van der Waals surface area (Å²) in [5, 5.41) is 0. The molecular weight excluding hydrogens is 369 g/mol. The lowest BCUT2D eigenvalue weighted by atomic mass is 9.78. The molecule has 0 spiro atoms. The minimum atomic E-state index is -0.386. The summed E-state index contributed by atoms with van der Waals surface area (Å²) < 4.78 is 15.0. The molecule has 2 heteroatoms. The molecule has 0 amide bonds. The summed E-state index contributed by atoms with van der Waals surface area (Å²) in [5.41, 5.74) is 14.3. The highest BCUT2D eigenvalue weighted by atomic mass is 19.1. The van der Waals surface area contributed by atoms with Crippen LogP contribution in [0.1, 0.15) is 132 Å². The van der Waals surface area contributed by atoms with Gasteiger partial charge < -0.3 is 5.73 Å². The van der Waals surface area contributed by atoms with Crippen molar-refractivity contribution in [1.82, 2.24) is 0 Å². The first-order valence-electron chi connectivity index (χ1n) is 11.5. The Morgan fingerprint density at radius 2 is 0.967 bits per heavy atom. The van der Waals surface area contributed by atoms with E-state index in [1.807, 2.05) is 0 Å². The molecule has 2 N–H and O–H groups in total. The van der Waals surface area contributed by atoms with Gasteiger partial charge in [-0.2, -0.15) is 0 Å². The predicted molar refractivity (Wildman–Crippen MR) is 129 cm³/mol. The van der Waals surface area contributed by atoms with Gasteiger partial charge in [0.05, 0.1) is 0 Å². The third-order valence-corrected chi connectivity index (χ3v) is 5.99. The Labute approximate surface area is 184 Å². The quantitative estimate of drug-likeness (QED) is 0.489. The lowest BCUT2D eigenvalue weighted by Crippen LogP contribution is -2.32.